The topological polar surface area (TPSA) is 90.5 Å². The second-order valence-corrected chi connectivity index (χ2v) is 9.30. The molecule has 172 valence electrons. The van der Waals surface area contributed by atoms with Crippen molar-refractivity contribution >= 4 is 23.4 Å². The molecule has 0 aliphatic carbocycles. The third kappa shape index (κ3) is 4.64. The first kappa shape index (κ1) is 21.6. The minimum Gasteiger partial charge on any atom is -0.381 e. The van der Waals surface area contributed by atoms with Crippen LogP contribution in [-0.4, -0.2) is 41.8 Å². The summed E-state index contributed by atoms with van der Waals surface area (Å²) in [6.07, 6.45) is 4.24. The van der Waals surface area contributed by atoms with E-state index in [9.17, 15) is 14.4 Å². The standard InChI is InChI=1S/C26H30N4O3/c31-23-9-8-22(25(32)29-23)30-16-20-3-1-2-19(24(20)26(30)33)15-28-21-6-4-17(5-7-21)14-18-10-12-27-13-11-18/h1-7,18,22,27-28H,8-16H2,(H,29,31,32). The van der Waals surface area contributed by atoms with Crippen LogP contribution in [0, 0.1) is 5.92 Å². The van der Waals surface area contributed by atoms with Crippen molar-refractivity contribution in [3.8, 4) is 0 Å². The number of carbonyl (C=O) groups excluding carboxylic acids is 3. The third-order valence-corrected chi connectivity index (χ3v) is 7.06. The largest absolute Gasteiger partial charge is 0.381 e. The summed E-state index contributed by atoms with van der Waals surface area (Å²) in [4.78, 5) is 38.6. The van der Waals surface area contributed by atoms with Crippen LogP contribution in [0.3, 0.4) is 0 Å². The molecule has 7 heteroatoms. The number of nitrogens with one attached hydrogen (secondary N) is 3. The lowest BCUT2D eigenvalue weighted by atomic mass is 9.91. The summed E-state index contributed by atoms with van der Waals surface area (Å²) in [6.45, 7) is 3.17. The maximum absolute atomic E-state index is 13.2. The first-order valence-corrected chi connectivity index (χ1v) is 11.9. The Morgan fingerprint density at radius 1 is 0.970 bits per heavy atom. The van der Waals surface area contributed by atoms with Crippen molar-refractivity contribution < 1.29 is 14.4 Å². The van der Waals surface area contributed by atoms with E-state index in [0.717, 1.165) is 42.2 Å². The van der Waals surface area contributed by atoms with E-state index in [1.165, 1.54) is 18.4 Å². The molecule has 0 aromatic heterocycles. The highest BCUT2D eigenvalue weighted by Gasteiger charge is 2.39. The number of amides is 3. The number of carbonyl (C=O) groups is 3. The van der Waals surface area contributed by atoms with Gasteiger partial charge >= 0.3 is 0 Å². The first-order valence-electron chi connectivity index (χ1n) is 11.9. The van der Waals surface area contributed by atoms with Gasteiger partial charge in [-0.15, -0.1) is 0 Å². The fourth-order valence-electron chi connectivity index (χ4n) is 5.21. The average Bonchev–Trinajstić information content (AvgIpc) is 3.16. The first-order chi connectivity index (χ1) is 16.1. The molecule has 3 heterocycles. The van der Waals surface area contributed by atoms with Crippen molar-refractivity contribution in [1.29, 1.82) is 0 Å². The molecule has 0 bridgehead atoms. The van der Waals surface area contributed by atoms with Crippen molar-refractivity contribution in [3.05, 3.63) is 64.7 Å². The second-order valence-electron chi connectivity index (χ2n) is 9.30. The van der Waals surface area contributed by atoms with Gasteiger partial charge < -0.3 is 15.5 Å². The number of rotatable bonds is 6. The third-order valence-electron chi connectivity index (χ3n) is 7.06. The van der Waals surface area contributed by atoms with Crippen molar-refractivity contribution in [2.24, 2.45) is 5.92 Å². The lowest BCUT2D eigenvalue weighted by Gasteiger charge is -2.29. The van der Waals surface area contributed by atoms with Crippen LogP contribution in [0.5, 0.6) is 0 Å². The smallest absolute Gasteiger partial charge is 0.255 e. The molecule has 1 unspecified atom stereocenters. The summed E-state index contributed by atoms with van der Waals surface area (Å²) in [5, 5.41) is 9.22. The Labute approximate surface area is 193 Å². The van der Waals surface area contributed by atoms with Crippen LogP contribution < -0.4 is 16.0 Å². The quantitative estimate of drug-likeness (QED) is 0.594. The van der Waals surface area contributed by atoms with Crippen LogP contribution in [-0.2, 0) is 29.1 Å². The summed E-state index contributed by atoms with van der Waals surface area (Å²) in [7, 11) is 0. The molecule has 3 aliphatic heterocycles. The van der Waals surface area contributed by atoms with Gasteiger partial charge in [0.1, 0.15) is 6.04 Å². The van der Waals surface area contributed by atoms with Gasteiger partial charge in [0.15, 0.2) is 0 Å². The highest BCUT2D eigenvalue weighted by atomic mass is 16.2. The molecular weight excluding hydrogens is 416 g/mol. The number of hydrogen-bond acceptors (Lipinski definition) is 5. The maximum atomic E-state index is 13.2. The molecule has 5 rings (SSSR count). The van der Waals surface area contributed by atoms with Gasteiger partial charge in [-0.05, 0) is 73.5 Å². The van der Waals surface area contributed by atoms with Gasteiger partial charge in [-0.2, -0.15) is 0 Å². The fraction of sp³-hybridized carbons (Fsp3) is 0.423. The van der Waals surface area contributed by atoms with Crippen molar-refractivity contribution in [3.63, 3.8) is 0 Å². The van der Waals surface area contributed by atoms with Crippen molar-refractivity contribution in [2.45, 2.75) is 51.2 Å². The highest BCUT2D eigenvalue weighted by molar-refractivity contribution is 6.06. The molecule has 3 N–H and O–H groups in total. The Kier molecular flexibility index (Phi) is 6.13. The van der Waals surface area contributed by atoms with Crippen LogP contribution in [0.2, 0.25) is 0 Å². The summed E-state index contributed by atoms with van der Waals surface area (Å²) in [6, 6.07) is 13.9. The van der Waals surface area contributed by atoms with Gasteiger partial charge in [-0.1, -0.05) is 30.3 Å². The van der Waals surface area contributed by atoms with E-state index in [4.69, 9.17) is 0 Å². The molecule has 0 saturated carbocycles. The van der Waals surface area contributed by atoms with Gasteiger partial charge in [-0.25, -0.2) is 0 Å². The van der Waals surface area contributed by atoms with Gasteiger partial charge in [0.25, 0.3) is 5.91 Å². The number of piperidine rings is 2. The monoisotopic (exact) mass is 446 g/mol. The Morgan fingerprint density at radius 2 is 1.76 bits per heavy atom. The number of imide groups is 1. The van der Waals surface area contributed by atoms with E-state index in [1.807, 2.05) is 18.2 Å². The molecular formula is C26H30N4O3. The van der Waals surface area contributed by atoms with E-state index in [0.29, 0.717) is 25.1 Å². The molecule has 2 aromatic rings. The predicted molar refractivity (Wildman–Crippen MR) is 126 cm³/mol. The number of nitrogens with zero attached hydrogens (tertiary/aromatic N) is 1. The minimum atomic E-state index is -0.587. The van der Waals surface area contributed by atoms with Gasteiger partial charge in [0, 0.05) is 30.8 Å². The van der Waals surface area contributed by atoms with Crippen molar-refractivity contribution in [2.75, 3.05) is 18.4 Å². The van der Waals surface area contributed by atoms with E-state index >= 15 is 0 Å². The molecule has 33 heavy (non-hydrogen) atoms. The van der Waals surface area contributed by atoms with Crippen LogP contribution in [0.1, 0.15) is 52.7 Å². The number of benzene rings is 2. The Bertz CT molecular complexity index is 1060. The molecule has 2 fully saturated rings. The average molecular weight is 447 g/mol. The van der Waals surface area contributed by atoms with E-state index < -0.39 is 6.04 Å². The van der Waals surface area contributed by atoms with Crippen LogP contribution in [0.15, 0.2) is 42.5 Å². The van der Waals surface area contributed by atoms with Gasteiger partial charge in [0.2, 0.25) is 11.8 Å². The fourth-order valence-corrected chi connectivity index (χ4v) is 5.21. The molecule has 0 radical (unpaired) electrons. The maximum Gasteiger partial charge on any atom is 0.255 e. The Hall–Kier alpha value is -3.19. The molecule has 3 amide bonds. The number of hydrogen-bond donors (Lipinski definition) is 3. The molecule has 3 aliphatic rings. The SMILES string of the molecule is O=C1CCC(N2Cc3cccc(CNc4ccc(CC5CCNCC5)cc4)c3C2=O)C(=O)N1. The van der Waals surface area contributed by atoms with E-state index in [-0.39, 0.29) is 24.1 Å². The zero-order valence-electron chi connectivity index (χ0n) is 18.7. The van der Waals surface area contributed by atoms with E-state index in [1.54, 1.807) is 4.90 Å². The normalized spacial score (nSPS) is 21.2. The molecule has 2 saturated heterocycles. The zero-order valence-corrected chi connectivity index (χ0v) is 18.7. The number of anilines is 1. The van der Waals surface area contributed by atoms with E-state index in [2.05, 4.69) is 40.2 Å². The van der Waals surface area contributed by atoms with Crippen LogP contribution in [0.4, 0.5) is 5.69 Å². The lowest BCUT2D eigenvalue weighted by Crippen LogP contribution is -2.52. The summed E-state index contributed by atoms with van der Waals surface area (Å²) in [5.74, 6) is -0.0202. The highest BCUT2D eigenvalue weighted by Crippen LogP contribution is 2.30. The number of fused-ring (bicyclic) bond motifs is 1. The zero-order chi connectivity index (χ0) is 22.8. The molecule has 7 nitrogen and oxygen atoms in total. The summed E-state index contributed by atoms with van der Waals surface area (Å²) >= 11 is 0. The van der Waals surface area contributed by atoms with Crippen molar-refractivity contribution in [1.82, 2.24) is 15.5 Å². The second kappa shape index (κ2) is 9.35. The minimum absolute atomic E-state index is 0.130. The van der Waals surface area contributed by atoms with Gasteiger partial charge in [0.05, 0.1) is 0 Å². The molecule has 1 atom stereocenters. The predicted octanol–water partition coefficient (Wildman–Crippen LogP) is 2.60. The van der Waals surface area contributed by atoms with Crippen LogP contribution >= 0.6 is 0 Å². The van der Waals surface area contributed by atoms with Gasteiger partial charge in [-0.3, -0.25) is 19.7 Å². The summed E-state index contributed by atoms with van der Waals surface area (Å²) in [5.41, 5.74) is 4.92. The molecule has 0 spiro atoms. The van der Waals surface area contributed by atoms with Crippen LogP contribution in [0.25, 0.3) is 0 Å². The lowest BCUT2D eigenvalue weighted by molar-refractivity contribution is -0.136. The molecule has 2 aromatic carbocycles. The Morgan fingerprint density at radius 3 is 2.52 bits per heavy atom. The Balaban J connectivity index is 1.23. The summed E-state index contributed by atoms with van der Waals surface area (Å²) < 4.78 is 0.